The number of aliphatic carboxylic acids is 1. The number of nitrogens with zero attached hydrogens (tertiary/aromatic N) is 3. The molecule has 114 valence electrons. The predicted molar refractivity (Wildman–Crippen MR) is 70.7 cm³/mol. The summed E-state index contributed by atoms with van der Waals surface area (Å²) in [7, 11) is -3.23. The topological polar surface area (TPSA) is 98.2 Å². The molecule has 2 aliphatic heterocycles. The molecule has 0 aliphatic carbocycles. The van der Waals surface area contributed by atoms with Gasteiger partial charge in [-0.25, -0.2) is 18.0 Å². The van der Waals surface area contributed by atoms with Crippen LogP contribution in [0.2, 0.25) is 0 Å². The first-order valence-electron chi connectivity index (χ1n) is 6.54. The van der Waals surface area contributed by atoms with E-state index in [0.29, 0.717) is 32.5 Å². The largest absolute Gasteiger partial charge is 0.480 e. The minimum absolute atomic E-state index is 0.260. The van der Waals surface area contributed by atoms with Crippen LogP contribution < -0.4 is 0 Å². The van der Waals surface area contributed by atoms with E-state index in [1.165, 1.54) is 14.1 Å². The van der Waals surface area contributed by atoms with Crippen molar-refractivity contribution in [2.75, 3.05) is 39.0 Å². The first-order valence-corrected chi connectivity index (χ1v) is 8.39. The van der Waals surface area contributed by atoms with Crippen molar-refractivity contribution in [2.45, 2.75) is 18.9 Å². The summed E-state index contributed by atoms with van der Waals surface area (Å²) in [6.45, 7) is 1.57. The number of sulfonamides is 1. The van der Waals surface area contributed by atoms with E-state index in [2.05, 4.69) is 0 Å². The van der Waals surface area contributed by atoms with Gasteiger partial charge >= 0.3 is 12.0 Å². The van der Waals surface area contributed by atoms with Gasteiger partial charge in [-0.3, -0.25) is 0 Å². The lowest BCUT2D eigenvalue weighted by Gasteiger charge is -2.36. The number of carboxylic acid groups (broad SMARTS) is 1. The molecule has 2 heterocycles. The summed E-state index contributed by atoms with van der Waals surface area (Å²) < 4.78 is 24.1. The summed E-state index contributed by atoms with van der Waals surface area (Å²) in [6.07, 6.45) is 2.31. The summed E-state index contributed by atoms with van der Waals surface area (Å²) in [5.74, 6) is -0.981. The SMILES string of the molecule is CS(=O)(=O)N1CCN(C(=O)N2CCCC2C(=O)O)CC1. The van der Waals surface area contributed by atoms with Crippen LogP contribution in [0.4, 0.5) is 4.79 Å². The number of amides is 2. The third-order valence-corrected chi connectivity index (χ3v) is 5.06. The highest BCUT2D eigenvalue weighted by Gasteiger charge is 2.37. The first kappa shape index (κ1) is 15.0. The Balaban J connectivity index is 1.97. The van der Waals surface area contributed by atoms with E-state index in [9.17, 15) is 18.0 Å². The lowest BCUT2D eigenvalue weighted by atomic mass is 10.2. The Morgan fingerprint density at radius 2 is 1.70 bits per heavy atom. The molecule has 0 bridgehead atoms. The minimum Gasteiger partial charge on any atom is -0.480 e. The summed E-state index contributed by atoms with van der Waals surface area (Å²) in [5, 5.41) is 9.08. The Labute approximate surface area is 118 Å². The number of likely N-dealkylation sites (tertiary alicyclic amines) is 1. The van der Waals surface area contributed by atoms with Gasteiger partial charge in [0.2, 0.25) is 10.0 Å². The van der Waals surface area contributed by atoms with Gasteiger partial charge in [0.25, 0.3) is 0 Å². The molecule has 2 rings (SSSR count). The van der Waals surface area contributed by atoms with Crippen molar-refractivity contribution in [1.29, 1.82) is 0 Å². The quantitative estimate of drug-likeness (QED) is 0.722. The fraction of sp³-hybridized carbons (Fsp3) is 0.818. The molecule has 2 amide bonds. The van der Waals surface area contributed by atoms with Gasteiger partial charge in [-0.1, -0.05) is 0 Å². The maximum atomic E-state index is 12.3. The first-order chi connectivity index (χ1) is 9.30. The normalized spacial score (nSPS) is 24.9. The van der Waals surface area contributed by atoms with Crippen molar-refractivity contribution in [3.05, 3.63) is 0 Å². The Morgan fingerprint density at radius 1 is 1.10 bits per heavy atom. The summed E-state index contributed by atoms with van der Waals surface area (Å²) in [4.78, 5) is 26.3. The lowest BCUT2D eigenvalue weighted by Crippen LogP contribution is -2.55. The average molecular weight is 305 g/mol. The predicted octanol–water partition coefficient (Wildman–Crippen LogP) is -0.767. The zero-order valence-electron chi connectivity index (χ0n) is 11.4. The van der Waals surface area contributed by atoms with E-state index in [1.807, 2.05) is 0 Å². The third-order valence-electron chi connectivity index (χ3n) is 3.76. The number of carbonyl (C=O) groups excluding carboxylic acids is 1. The number of rotatable bonds is 2. The second-order valence-corrected chi connectivity index (χ2v) is 7.10. The number of hydrogen-bond acceptors (Lipinski definition) is 4. The van der Waals surface area contributed by atoms with Crippen LogP contribution in [0.25, 0.3) is 0 Å². The fourth-order valence-corrected chi connectivity index (χ4v) is 3.47. The van der Waals surface area contributed by atoms with E-state index in [4.69, 9.17) is 5.11 Å². The molecule has 20 heavy (non-hydrogen) atoms. The minimum atomic E-state index is -3.23. The van der Waals surface area contributed by atoms with Gasteiger partial charge in [-0.2, -0.15) is 4.31 Å². The molecular formula is C11H19N3O5S. The van der Waals surface area contributed by atoms with Gasteiger partial charge in [0.05, 0.1) is 6.26 Å². The zero-order valence-corrected chi connectivity index (χ0v) is 12.2. The van der Waals surface area contributed by atoms with Crippen LogP contribution >= 0.6 is 0 Å². The Hall–Kier alpha value is -1.35. The molecule has 1 atom stereocenters. The molecule has 2 fully saturated rings. The molecule has 0 aromatic rings. The number of urea groups is 1. The Bertz CT molecular complexity index is 498. The van der Waals surface area contributed by atoms with Gasteiger partial charge in [-0.05, 0) is 12.8 Å². The number of piperazine rings is 1. The standard InChI is InChI=1S/C11H19N3O5S/c1-20(18,19)13-7-5-12(6-8-13)11(17)14-4-2-3-9(14)10(15)16/h9H,2-8H2,1H3,(H,15,16). The van der Waals surface area contributed by atoms with Crippen LogP contribution in [0.15, 0.2) is 0 Å². The molecule has 8 nitrogen and oxygen atoms in total. The lowest BCUT2D eigenvalue weighted by molar-refractivity contribution is -0.141. The van der Waals surface area contributed by atoms with Crippen molar-refractivity contribution in [3.8, 4) is 0 Å². The second kappa shape index (κ2) is 5.57. The van der Waals surface area contributed by atoms with Crippen molar-refractivity contribution < 1.29 is 23.1 Å². The van der Waals surface area contributed by atoms with E-state index < -0.39 is 22.0 Å². The van der Waals surface area contributed by atoms with Crippen molar-refractivity contribution in [3.63, 3.8) is 0 Å². The summed E-state index contributed by atoms with van der Waals surface area (Å²) in [6, 6.07) is -1.06. The monoisotopic (exact) mass is 305 g/mol. The van der Waals surface area contributed by atoms with E-state index >= 15 is 0 Å². The molecule has 9 heteroatoms. The van der Waals surface area contributed by atoms with Crippen molar-refractivity contribution in [1.82, 2.24) is 14.1 Å². The van der Waals surface area contributed by atoms with Crippen LogP contribution in [-0.2, 0) is 14.8 Å². The molecular weight excluding hydrogens is 286 g/mol. The molecule has 1 unspecified atom stereocenters. The maximum absolute atomic E-state index is 12.3. The Morgan fingerprint density at radius 3 is 2.20 bits per heavy atom. The Kier molecular flexibility index (Phi) is 4.19. The highest BCUT2D eigenvalue weighted by atomic mass is 32.2. The smallest absolute Gasteiger partial charge is 0.326 e. The molecule has 1 N–H and O–H groups in total. The van der Waals surface area contributed by atoms with Gasteiger partial charge in [-0.15, -0.1) is 0 Å². The van der Waals surface area contributed by atoms with Crippen molar-refractivity contribution >= 4 is 22.0 Å². The van der Waals surface area contributed by atoms with Crippen LogP contribution in [-0.4, -0.2) is 84.7 Å². The third kappa shape index (κ3) is 3.04. The van der Waals surface area contributed by atoms with Gasteiger partial charge in [0, 0.05) is 32.7 Å². The number of carboxylic acids is 1. The summed E-state index contributed by atoms with van der Waals surface area (Å²) in [5.41, 5.74) is 0. The molecule has 0 aromatic carbocycles. The van der Waals surface area contributed by atoms with Gasteiger partial charge in [0.15, 0.2) is 0 Å². The number of carbonyl (C=O) groups is 2. The van der Waals surface area contributed by atoms with Crippen LogP contribution in [0.3, 0.4) is 0 Å². The zero-order chi connectivity index (χ0) is 14.9. The van der Waals surface area contributed by atoms with Gasteiger partial charge in [0.1, 0.15) is 6.04 Å². The highest BCUT2D eigenvalue weighted by molar-refractivity contribution is 7.88. The molecule has 0 radical (unpaired) electrons. The summed E-state index contributed by atoms with van der Waals surface area (Å²) >= 11 is 0. The fourth-order valence-electron chi connectivity index (χ4n) is 2.65. The van der Waals surface area contributed by atoms with Crippen LogP contribution in [0.5, 0.6) is 0 Å². The average Bonchev–Trinajstić information content (AvgIpc) is 2.86. The van der Waals surface area contributed by atoms with Crippen molar-refractivity contribution in [2.24, 2.45) is 0 Å². The molecule has 0 aromatic heterocycles. The second-order valence-electron chi connectivity index (χ2n) is 5.12. The van der Waals surface area contributed by atoms with E-state index in [1.54, 1.807) is 0 Å². The molecule has 0 spiro atoms. The van der Waals surface area contributed by atoms with Crippen LogP contribution in [0.1, 0.15) is 12.8 Å². The number of hydrogen-bond donors (Lipinski definition) is 1. The van der Waals surface area contributed by atoms with Gasteiger partial charge < -0.3 is 14.9 Å². The molecule has 2 aliphatic rings. The maximum Gasteiger partial charge on any atom is 0.326 e. The molecule has 0 saturated carbocycles. The highest BCUT2D eigenvalue weighted by Crippen LogP contribution is 2.20. The van der Waals surface area contributed by atoms with E-state index in [-0.39, 0.29) is 19.1 Å². The molecule has 2 saturated heterocycles. The van der Waals surface area contributed by atoms with E-state index in [0.717, 1.165) is 6.26 Å². The van der Waals surface area contributed by atoms with Crippen LogP contribution in [0, 0.1) is 0 Å².